The second kappa shape index (κ2) is 4.29. The van der Waals surface area contributed by atoms with E-state index in [4.69, 9.17) is 11.6 Å². The number of nitrogens with zero attached hydrogens (tertiary/aromatic N) is 2. The van der Waals surface area contributed by atoms with Gasteiger partial charge >= 0.3 is 0 Å². The Labute approximate surface area is 88.1 Å². The Morgan fingerprint density at radius 2 is 2.29 bits per heavy atom. The highest BCUT2D eigenvalue weighted by Crippen LogP contribution is 2.10. The first-order chi connectivity index (χ1) is 6.48. The SMILES string of the molecule is Cc1ncc(S(=O)(=O)N(C)CCCl)[nH]1. The lowest BCUT2D eigenvalue weighted by Crippen LogP contribution is -2.29. The van der Waals surface area contributed by atoms with Crippen LogP contribution in [-0.2, 0) is 10.0 Å². The van der Waals surface area contributed by atoms with Crippen LogP contribution in [0.25, 0.3) is 0 Å². The van der Waals surface area contributed by atoms with Crippen LogP contribution in [0.2, 0.25) is 0 Å². The number of aromatic nitrogens is 2. The molecule has 0 aliphatic rings. The molecule has 14 heavy (non-hydrogen) atoms. The van der Waals surface area contributed by atoms with Gasteiger partial charge in [0.05, 0.1) is 6.20 Å². The van der Waals surface area contributed by atoms with Crippen molar-refractivity contribution in [2.45, 2.75) is 11.9 Å². The fraction of sp³-hybridized carbons (Fsp3) is 0.571. The summed E-state index contributed by atoms with van der Waals surface area (Å²) in [4.78, 5) is 6.50. The minimum absolute atomic E-state index is 0.0996. The van der Waals surface area contributed by atoms with Crippen molar-refractivity contribution in [1.82, 2.24) is 14.3 Å². The van der Waals surface area contributed by atoms with Gasteiger partial charge in [0.15, 0.2) is 5.03 Å². The summed E-state index contributed by atoms with van der Waals surface area (Å²) in [6, 6.07) is 0. The summed E-state index contributed by atoms with van der Waals surface area (Å²) in [6.07, 6.45) is 1.30. The normalized spacial score (nSPS) is 12.3. The summed E-state index contributed by atoms with van der Waals surface area (Å²) < 4.78 is 24.7. The first-order valence-electron chi connectivity index (χ1n) is 4.02. The van der Waals surface area contributed by atoms with Crippen molar-refractivity contribution in [3.63, 3.8) is 0 Å². The maximum Gasteiger partial charge on any atom is 0.259 e. The number of alkyl halides is 1. The first kappa shape index (κ1) is 11.5. The fourth-order valence-corrected chi connectivity index (χ4v) is 2.42. The van der Waals surface area contributed by atoms with Gasteiger partial charge in [-0.25, -0.2) is 13.4 Å². The Morgan fingerprint density at radius 3 is 2.71 bits per heavy atom. The monoisotopic (exact) mass is 237 g/mol. The van der Waals surface area contributed by atoms with E-state index in [1.807, 2.05) is 0 Å². The highest BCUT2D eigenvalue weighted by molar-refractivity contribution is 7.89. The quantitative estimate of drug-likeness (QED) is 0.779. The molecule has 0 amide bonds. The van der Waals surface area contributed by atoms with Crippen molar-refractivity contribution < 1.29 is 8.42 Å². The third-order valence-electron chi connectivity index (χ3n) is 1.77. The number of hydrogen-bond donors (Lipinski definition) is 1. The summed E-state index contributed by atoms with van der Waals surface area (Å²) >= 11 is 5.46. The molecule has 0 atom stereocenters. The Morgan fingerprint density at radius 1 is 1.64 bits per heavy atom. The van der Waals surface area contributed by atoms with Gasteiger partial charge in [0.1, 0.15) is 5.82 Å². The maximum absolute atomic E-state index is 11.7. The number of aryl methyl sites for hydroxylation is 1. The summed E-state index contributed by atoms with van der Waals surface area (Å²) in [5, 5.41) is 0.0996. The van der Waals surface area contributed by atoms with Crippen molar-refractivity contribution in [2.75, 3.05) is 19.5 Å². The molecule has 1 heterocycles. The molecule has 5 nitrogen and oxygen atoms in total. The van der Waals surface area contributed by atoms with E-state index in [1.54, 1.807) is 6.92 Å². The van der Waals surface area contributed by atoms with Gasteiger partial charge in [-0.3, -0.25) is 0 Å². The third-order valence-corrected chi connectivity index (χ3v) is 3.70. The molecule has 0 radical (unpaired) electrons. The van der Waals surface area contributed by atoms with Gasteiger partial charge in [-0.15, -0.1) is 11.6 Å². The molecule has 0 saturated carbocycles. The molecule has 0 aliphatic heterocycles. The lowest BCUT2D eigenvalue weighted by atomic mass is 10.8. The number of aromatic amines is 1. The van der Waals surface area contributed by atoms with Gasteiger partial charge in [-0.2, -0.15) is 4.31 Å². The smallest absolute Gasteiger partial charge is 0.259 e. The minimum Gasteiger partial charge on any atom is -0.332 e. The van der Waals surface area contributed by atoms with Crippen LogP contribution in [0.1, 0.15) is 5.82 Å². The number of sulfonamides is 1. The number of H-pyrrole nitrogens is 1. The Kier molecular flexibility index (Phi) is 3.52. The average molecular weight is 238 g/mol. The van der Waals surface area contributed by atoms with Gasteiger partial charge in [-0.05, 0) is 6.92 Å². The highest BCUT2D eigenvalue weighted by Gasteiger charge is 2.21. The molecule has 7 heteroatoms. The molecule has 0 unspecified atom stereocenters. The number of halogens is 1. The first-order valence-corrected chi connectivity index (χ1v) is 6.00. The summed E-state index contributed by atoms with van der Waals surface area (Å²) in [5.41, 5.74) is 0. The van der Waals surface area contributed by atoms with E-state index in [1.165, 1.54) is 17.5 Å². The number of nitrogens with one attached hydrogen (secondary N) is 1. The van der Waals surface area contributed by atoms with Crippen LogP contribution in [0.3, 0.4) is 0 Å². The molecule has 0 aromatic carbocycles. The predicted molar refractivity (Wildman–Crippen MR) is 53.9 cm³/mol. The molecule has 1 aromatic heterocycles. The topological polar surface area (TPSA) is 66.1 Å². The largest absolute Gasteiger partial charge is 0.332 e. The summed E-state index contributed by atoms with van der Waals surface area (Å²) in [7, 11) is -1.97. The van der Waals surface area contributed by atoms with Crippen molar-refractivity contribution in [3.05, 3.63) is 12.0 Å². The standard InChI is InChI=1S/C7H12ClN3O2S/c1-6-9-5-7(10-6)14(12,13)11(2)4-3-8/h5H,3-4H2,1-2H3,(H,9,10). The van der Waals surface area contributed by atoms with Crippen molar-refractivity contribution >= 4 is 21.6 Å². The van der Waals surface area contributed by atoms with Crippen molar-refractivity contribution in [3.8, 4) is 0 Å². The molecule has 0 spiro atoms. The fourth-order valence-electron chi connectivity index (χ4n) is 0.936. The highest BCUT2D eigenvalue weighted by atomic mass is 35.5. The Bertz CT molecular complexity index is 401. The van der Waals surface area contributed by atoms with Crippen LogP contribution in [0.15, 0.2) is 11.2 Å². The number of hydrogen-bond acceptors (Lipinski definition) is 3. The molecular formula is C7H12ClN3O2S. The van der Waals surface area contributed by atoms with Gasteiger partial charge in [0.2, 0.25) is 0 Å². The number of imidazole rings is 1. The van der Waals surface area contributed by atoms with E-state index < -0.39 is 10.0 Å². The van der Waals surface area contributed by atoms with Gasteiger partial charge in [0, 0.05) is 19.5 Å². The molecule has 0 fully saturated rings. The average Bonchev–Trinajstić information content (AvgIpc) is 2.52. The zero-order valence-corrected chi connectivity index (χ0v) is 9.56. The van der Waals surface area contributed by atoms with Crippen LogP contribution in [0.5, 0.6) is 0 Å². The Balaban J connectivity index is 2.96. The van der Waals surface area contributed by atoms with E-state index >= 15 is 0 Å². The predicted octanol–water partition coefficient (Wildman–Crippen LogP) is 0.577. The molecule has 1 aromatic rings. The van der Waals surface area contributed by atoms with Gasteiger partial charge in [0.25, 0.3) is 10.0 Å². The summed E-state index contributed by atoms with van der Waals surface area (Å²) in [5.74, 6) is 0.839. The lowest BCUT2D eigenvalue weighted by molar-refractivity contribution is 0.485. The molecule has 1 N–H and O–H groups in total. The third kappa shape index (κ3) is 2.26. The van der Waals surface area contributed by atoms with E-state index in [9.17, 15) is 8.42 Å². The molecular weight excluding hydrogens is 226 g/mol. The van der Waals surface area contributed by atoms with Crippen LogP contribution >= 0.6 is 11.6 Å². The van der Waals surface area contributed by atoms with Crippen LogP contribution in [-0.4, -0.2) is 42.2 Å². The van der Waals surface area contributed by atoms with Gasteiger partial charge < -0.3 is 4.98 Å². The van der Waals surface area contributed by atoms with E-state index in [-0.39, 0.29) is 17.5 Å². The van der Waals surface area contributed by atoms with Crippen molar-refractivity contribution in [2.24, 2.45) is 0 Å². The summed E-state index contributed by atoms with van der Waals surface area (Å²) in [6.45, 7) is 1.97. The second-order valence-electron chi connectivity index (χ2n) is 2.85. The lowest BCUT2D eigenvalue weighted by Gasteiger charge is -2.13. The van der Waals surface area contributed by atoms with Crippen LogP contribution < -0.4 is 0 Å². The second-order valence-corrected chi connectivity index (χ2v) is 5.24. The van der Waals surface area contributed by atoms with Crippen LogP contribution in [0, 0.1) is 6.92 Å². The molecule has 80 valence electrons. The Hall–Kier alpha value is -0.590. The zero-order valence-electron chi connectivity index (χ0n) is 7.99. The van der Waals surface area contributed by atoms with Crippen LogP contribution in [0.4, 0.5) is 0 Å². The molecule has 0 aliphatic carbocycles. The minimum atomic E-state index is -3.45. The molecule has 0 bridgehead atoms. The maximum atomic E-state index is 11.7. The zero-order chi connectivity index (χ0) is 10.8. The van der Waals surface area contributed by atoms with E-state index in [2.05, 4.69) is 9.97 Å². The molecule has 1 rings (SSSR count). The van der Waals surface area contributed by atoms with E-state index in [0.29, 0.717) is 5.82 Å². The van der Waals surface area contributed by atoms with Crippen molar-refractivity contribution in [1.29, 1.82) is 0 Å². The molecule has 0 saturated heterocycles. The van der Waals surface area contributed by atoms with E-state index in [0.717, 1.165) is 0 Å². The number of rotatable bonds is 4. The van der Waals surface area contributed by atoms with Gasteiger partial charge in [-0.1, -0.05) is 0 Å².